The van der Waals surface area contributed by atoms with Gasteiger partial charge in [-0.1, -0.05) is 53.0 Å². The molecule has 0 aliphatic rings. The highest BCUT2D eigenvalue weighted by Gasteiger charge is 2.17. The Balaban J connectivity index is 1.84. The van der Waals surface area contributed by atoms with Crippen LogP contribution in [0.15, 0.2) is 42.5 Å². The number of carbonyl (C=O) groups excluding carboxylic acids is 2. The van der Waals surface area contributed by atoms with Crippen molar-refractivity contribution in [2.75, 3.05) is 6.61 Å². The van der Waals surface area contributed by atoms with Gasteiger partial charge in [-0.25, -0.2) is 4.79 Å². The second-order valence-corrected chi connectivity index (χ2v) is 5.83. The average molecular weight is 373 g/mol. The molecule has 1 N–H and O–H groups in total. The molecule has 0 saturated carbocycles. The van der Waals surface area contributed by atoms with Gasteiger partial charge < -0.3 is 10.1 Å². The largest absolute Gasteiger partial charge is 0.452 e. The normalized spacial score (nSPS) is 10.2. The van der Waals surface area contributed by atoms with Crippen molar-refractivity contribution in [3.63, 3.8) is 0 Å². The molecule has 0 atom stereocenters. The molecule has 0 aromatic heterocycles. The predicted molar refractivity (Wildman–Crippen MR) is 90.0 cm³/mol. The van der Waals surface area contributed by atoms with Crippen molar-refractivity contribution in [3.05, 3.63) is 68.7 Å². The van der Waals surface area contributed by atoms with E-state index in [2.05, 4.69) is 5.32 Å². The third-order valence-corrected chi connectivity index (χ3v) is 3.79. The van der Waals surface area contributed by atoms with Gasteiger partial charge in [0.05, 0.1) is 15.6 Å². The third kappa shape index (κ3) is 5.13. The van der Waals surface area contributed by atoms with Crippen LogP contribution in [0.25, 0.3) is 0 Å². The lowest BCUT2D eigenvalue weighted by molar-refractivity contribution is -0.124. The van der Waals surface area contributed by atoms with Gasteiger partial charge in [0.1, 0.15) is 0 Å². The summed E-state index contributed by atoms with van der Waals surface area (Å²) in [7, 11) is 0. The highest BCUT2D eigenvalue weighted by atomic mass is 35.5. The summed E-state index contributed by atoms with van der Waals surface area (Å²) in [6.45, 7) is -0.117. The molecular weight excluding hydrogens is 361 g/mol. The molecule has 2 aromatic carbocycles. The fraction of sp³-hybridized carbons (Fsp3) is 0.125. The standard InChI is InChI=1S/C16H12Cl3NO3/c17-11-6-4-10(5-7-11)8-20-14(21)9-23-16(22)15-12(18)2-1-3-13(15)19/h1-7H,8-9H2,(H,20,21). The molecule has 4 nitrogen and oxygen atoms in total. The Morgan fingerprint density at radius 2 is 1.57 bits per heavy atom. The van der Waals surface area contributed by atoms with Crippen LogP contribution in [-0.4, -0.2) is 18.5 Å². The zero-order valence-corrected chi connectivity index (χ0v) is 14.1. The lowest BCUT2D eigenvalue weighted by atomic mass is 10.2. The number of esters is 1. The lowest BCUT2D eigenvalue weighted by Crippen LogP contribution is -2.28. The van der Waals surface area contributed by atoms with E-state index in [0.29, 0.717) is 11.6 Å². The van der Waals surface area contributed by atoms with Crippen molar-refractivity contribution in [2.45, 2.75) is 6.54 Å². The number of carbonyl (C=O) groups is 2. The topological polar surface area (TPSA) is 55.4 Å². The first-order valence-electron chi connectivity index (χ1n) is 6.59. The van der Waals surface area contributed by atoms with E-state index in [4.69, 9.17) is 39.5 Å². The number of rotatable bonds is 5. The lowest BCUT2D eigenvalue weighted by Gasteiger charge is -2.08. The second kappa shape index (κ2) is 8.20. The summed E-state index contributed by atoms with van der Waals surface area (Å²) in [5.41, 5.74) is 0.921. The van der Waals surface area contributed by atoms with Gasteiger partial charge in [-0.15, -0.1) is 0 Å². The highest BCUT2D eigenvalue weighted by Crippen LogP contribution is 2.24. The Morgan fingerprint density at radius 1 is 0.957 bits per heavy atom. The summed E-state index contributed by atoms with van der Waals surface area (Å²) in [6, 6.07) is 11.7. The molecule has 0 unspecified atom stereocenters. The first-order chi connectivity index (χ1) is 11.0. The van der Waals surface area contributed by atoms with E-state index in [1.165, 1.54) is 12.1 Å². The van der Waals surface area contributed by atoms with Crippen LogP contribution < -0.4 is 5.32 Å². The quantitative estimate of drug-likeness (QED) is 0.803. The van der Waals surface area contributed by atoms with E-state index in [-0.39, 0.29) is 15.6 Å². The van der Waals surface area contributed by atoms with Gasteiger partial charge in [0, 0.05) is 11.6 Å². The van der Waals surface area contributed by atoms with Crippen LogP contribution in [-0.2, 0) is 16.1 Å². The first-order valence-corrected chi connectivity index (χ1v) is 7.73. The Hall–Kier alpha value is -1.75. The second-order valence-electron chi connectivity index (χ2n) is 4.58. The fourth-order valence-electron chi connectivity index (χ4n) is 1.75. The Bertz CT molecular complexity index is 697. The highest BCUT2D eigenvalue weighted by molar-refractivity contribution is 6.39. The summed E-state index contributed by atoms with van der Waals surface area (Å²) in [6.07, 6.45) is 0. The maximum absolute atomic E-state index is 11.9. The van der Waals surface area contributed by atoms with Crippen molar-refractivity contribution in [2.24, 2.45) is 0 Å². The van der Waals surface area contributed by atoms with E-state index in [9.17, 15) is 9.59 Å². The number of hydrogen-bond acceptors (Lipinski definition) is 3. The summed E-state index contributed by atoms with van der Waals surface area (Å²) in [4.78, 5) is 23.6. The molecule has 7 heteroatoms. The Kier molecular flexibility index (Phi) is 6.28. The molecule has 0 spiro atoms. The van der Waals surface area contributed by atoms with Gasteiger partial charge in [-0.3, -0.25) is 4.79 Å². The van der Waals surface area contributed by atoms with Crippen LogP contribution in [0, 0.1) is 0 Å². The molecule has 0 radical (unpaired) electrons. The maximum atomic E-state index is 11.9. The Morgan fingerprint density at radius 3 is 2.17 bits per heavy atom. The van der Waals surface area contributed by atoms with Crippen LogP contribution in [0.5, 0.6) is 0 Å². The van der Waals surface area contributed by atoms with Crippen molar-refractivity contribution < 1.29 is 14.3 Å². The minimum absolute atomic E-state index is 0.0429. The number of ether oxygens (including phenoxy) is 1. The smallest absolute Gasteiger partial charge is 0.341 e. The van der Waals surface area contributed by atoms with Crippen molar-refractivity contribution in [1.82, 2.24) is 5.32 Å². The average Bonchev–Trinajstić information content (AvgIpc) is 2.52. The first kappa shape index (κ1) is 17.6. The van der Waals surface area contributed by atoms with Crippen LogP contribution >= 0.6 is 34.8 Å². The molecule has 23 heavy (non-hydrogen) atoms. The van der Waals surface area contributed by atoms with Crippen LogP contribution in [0.3, 0.4) is 0 Å². The fourth-order valence-corrected chi connectivity index (χ4v) is 2.43. The number of amides is 1. The molecule has 1 amide bonds. The van der Waals surface area contributed by atoms with E-state index in [0.717, 1.165) is 5.56 Å². The molecule has 0 aliphatic heterocycles. The van der Waals surface area contributed by atoms with Crippen LogP contribution in [0.2, 0.25) is 15.1 Å². The van der Waals surface area contributed by atoms with E-state index >= 15 is 0 Å². The van der Waals surface area contributed by atoms with Crippen LogP contribution in [0.1, 0.15) is 15.9 Å². The summed E-state index contributed by atoms with van der Waals surface area (Å²) < 4.78 is 4.92. The number of halogens is 3. The predicted octanol–water partition coefficient (Wildman–Crippen LogP) is 4.12. The Labute approximate surface area is 148 Å². The molecule has 2 aromatic rings. The third-order valence-electron chi connectivity index (χ3n) is 2.90. The minimum atomic E-state index is -0.748. The van der Waals surface area contributed by atoms with E-state index in [1.807, 2.05) is 0 Å². The molecule has 2 rings (SSSR count). The molecule has 0 fully saturated rings. The number of benzene rings is 2. The minimum Gasteiger partial charge on any atom is -0.452 e. The molecule has 0 heterocycles. The van der Waals surface area contributed by atoms with Crippen molar-refractivity contribution in [3.8, 4) is 0 Å². The monoisotopic (exact) mass is 371 g/mol. The SMILES string of the molecule is O=C(COC(=O)c1c(Cl)cccc1Cl)NCc1ccc(Cl)cc1. The summed E-state index contributed by atoms with van der Waals surface area (Å²) in [5, 5.41) is 3.59. The van der Waals surface area contributed by atoms with E-state index in [1.54, 1.807) is 30.3 Å². The molecule has 0 aliphatic carbocycles. The van der Waals surface area contributed by atoms with Gasteiger partial charge >= 0.3 is 5.97 Å². The molecule has 120 valence electrons. The zero-order chi connectivity index (χ0) is 16.8. The maximum Gasteiger partial charge on any atom is 0.341 e. The number of nitrogens with one attached hydrogen (secondary N) is 1. The van der Waals surface area contributed by atoms with Crippen LogP contribution in [0.4, 0.5) is 0 Å². The van der Waals surface area contributed by atoms with Gasteiger partial charge in [0.15, 0.2) is 6.61 Å². The molecule has 0 bridgehead atoms. The van der Waals surface area contributed by atoms with Gasteiger partial charge in [-0.2, -0.15) is 0 Å². The van der Waals surface area contributed by atoms with Gasteiger partial charge in [-0.05, 0) is 29.8 Å². The zero-order valence-electron chi connectivity index (χ0n) is 11.8. The molecule has 0 saturated heterocycles. The number of hydrogen-bond donors (Lipinski definition) is 1. The molecular formula is C16H12Cl3NO3. The van der Waals surface area contributed by atoms with Crippen molar-refractivity contribution in [1.29, 1.82) is 0 Å². The van der Waals surface area contributed by atoms with Gasteiger partial charge in [0.25, 0.3) is 5.91 Å². The summed E-state index contributed by atoms with van der Waals surface area (Å²) >= 11 is 17.6. The van der Waals surface area contributed by atoms with E-state index < -0.39 is 18.5 Å². The summed E-state index contributed by atoms with van der Waals surface area (Å²) in [5.74, 6) is -1.18. The van der Waals surface area contributed by atoms with Crippen molar-refractivity contribution >= 4 is 46.7 Å². The van der Waals surface area contributed by atoms with Gasteiger partial charge in [0.2, 0.25) is 0 Å².